The summed E-state index contributed by atoms with van der Waals surface area (Å²) in [7, 11) is -3.88. The van der Waals surface area contributed by atoms with E-state index < -0.39 is 27.9 Å². The van der Waals surface area contributed by atoms with Crippen LogP contribution in [0.15, 0.2) is 56.7 Å². The molecule has 0 spiro atoms. The Kier molecular flexibility index (Phi) is 4.14. The predicted molar refractivity (Wildman–Crippen MR) is 92.9 cm³/mol. The number of sulfonamides is 1. The van der Waals surface area contributed by atoms with Gasteiger partial charge in [-0.2, -0.15) is 0 Å². The molecule has 0 amide bonds. The Hall–Kier alpha value is -2.49. The summed E-state index contributed by atoms with van der Waals surface area (Å²) in [6, 6.07) is 8.95. The molecule has 1 aromatic carbocycles. The molecule has 0 radical (unpaired) electrons. The van der Waals surface area contributed by atoms with Crippen LogP contribution in [0.1, 0.15) is 24.6 Å². The standard InChI is InChI=1S/C17H17N3O5S/c21-11-7-10(8-11)16(14-3-1-2-6-18-14)20-26(23,24)12-4-5-13-15(9-12)25-17(22)19-13/h1-6,9-11,16,20-21H,7-8H2,(H,19,22)/t10?,11?,16-/m0/s1. The number of nitrogens with one attached hydrogen (secondary N) is 2. The monoisotopic (exact) mass is 375 g/mol. The smallest absolute Gasteiger partial charge is 0.408 e. The van der Waals surface area contributed by atoms with Crippen molar-refractivity contribution in [3.05, 3.63) is 58.8 Å². The third-order valence-electron chi connectivity index (χ3n) is 4.61. The van der Waals surface area contributed by atoms with Crippen LogP contribution in [0, 0.1) is 5.92 Å². The minimum atomic E-state index is -3.88. The summed E-state index contributed by atoms with van der Waals surface area (Å²) >= 11 is 0. The maximum Gasteiger partial charge on any atom is 0.417 e. The van der Waals surface area contributed by atoms with Gasteiger partial charge in [-0.15, -0.1) is 0 Å². The van der Waals surface area contributed by atoms with Crippen LogP contribution < -0.4 is 10.5 Å². The minimum Gasteiger partial charge on any atom is -0.408 e. The maximum absolute atomic E-state index is 12.9. The van der Waals surface area contributed by atoms with Crippen LogP contribution in [0.5, 0.6) is 0 Å². The second-order valence-electron chi connectivity index (χ2n) is 6.41. The number of rotatable bonds is 5. The third-order valence-corrected chi connectivity index (χ3v) is 6.05. The fraction of sp³-hybridized carbons (Fsp3) is 0.294. The molecule has 0 bridgehead atoms. The summed E-state index contributed by atoms with van der Waals surface area (Å²) in [5.74, 6) is -0.680. The topological polar surface area (TPSA) is 125 Å². The lowest BCUT2D eigenvalue weighted by Gasteiger charge is -2.37. The van der Waals surface area contributed by atoms with Crippen molar-refractivity contribution in [2.24, 2.45) is 5.92 Å². The number of H-pyrrole nitrogens is 1. The molecule has 2 heterocycles. The summed E-state index contributed by atoms with van der Waals surface area (Å²) in [6.07, 6.45) is 2.21. The van der Waals surface area contributed by atoms with Gasteiger partial charge in [0.15, 0.2) is 5.58 Å². The van der Waals surface area contributed by atoms with Crippen LogP contribution in [-0.2, 0) is 10.0 Å². The number of aromatic nitrogens is 2. The number of aliphatic hydroxyl groups excluding tert-OH is 1. The molecule has 1 saturated carbocycles. The molecule has 3 N–H and O–H groups in total. The zero-order valence-corrected chi connectivity index (χ0v) is 14.4. The summed E-state index contributed by atoms with van der Waals surface area (Å²) < 4.78 is 33.3. The summed E-state index contributed by atoms with van der Waals surface area (Å²) in [5, 5.41) is 9.61. The number of benzene rings is 1. The number of hydrogen-bond acceptors (Lipinski definition) is 6. The molecule has 9 heteroatoms. The first-order valence-corrected chi connectivity index (χ1v) is 9.65. The van der Waals surface area contributed by atoms with Gasteiger partial charge in [0.05, 0.1) is 28.3 Å². The normalized spacial score (nSPS) is 21.4. The summed E-state index contributed by atoms with van der Waals surface area (Å²) in [4.78, 5) is 18.0. The fourth-order valence-corrected chi connectivity index (χ4v) is 4.48. The van der Waals surface area contributed by atoms with Gasteiger partial charge in [-0.1, -0.05) is 6.07 Å². The first-order chi connectivity index (χ1) is 12.4. The average molecular weight is 375 g/mol. The highest BCUT2D eigenvalue weighted by atomic mass is 32.2. The van der Waals surface area contributed by atoms with Crippen LogP contribution in [-0.4, -0.2) is 29.6 Å². The van der Waals surface area contributed by atoms with Gasteiger partial charge in [-0.25, -0.2) is 17.9 Å². The highest BCUT2D eigenvalue weighted by Gasteiger charge is 2.37. The van der Waals surface area contributed by atoms with Crippen molar-refractivity contribution in [1.29, 1.82) is 0 Å². The molecule has 2 aromatic heterocycles. The molecular weight excluding hydrogens is 358 g/mol. The second kappa shape index (κ2) is 6.35. The van der Waals surface area contributed by atoms with E-state index in [4.69, 9.17) is 4.42 Å². The number of hydrogen-bond donors (Lipinski definition) is 3. The van der Waals surface area contributed by atoms with Crippen LogP contribution in [0.2, 0.25) is 0 Å². The van der Waals surface area contributed by atoms with Crippen LogP contribution in [0.4, 0.5) is 0 Å². The molecule has 1 aliphatic rings. The molecule has 26 heavy (non-hydrogen) atoms. The van der Waals surface area contributed by atoms with Crippen LogP contribution >= 0.6 is 0 Å². The molecular formula is C17H17N3O5S. The van der Waals surface area contributed by atoms with E-state index in [0.717, 1.165) is 0 Å². The van der Waals surface area contributed by atoms with E-state index in [9.17, 15) is 18.3 Å². The Morgan fingerprint density at radius 3 is 2.77 bits per heavy atom. The molecule has 0 unspecified atom stereocenters. The number of aromatic amines is 1. The molecule has 1 aliphatic carbocycles. The van der Waals surface area contributed by atoms with E-state index in [-0.39, 0.29) is 16.4 Å². The van der Waals surface area contributed by atoms with Gasteiger partial charge in [0.1, 0.15) is 0 Å². The molecule has 3 aromatic rings. The zero-order chi connectivity index (χ0) is 18.3. The molecule has 8 nitrogen and oxygen atoms in total. The minimum absolute atomic E-state index is 0.00597. The maximum atomic E-state index is 12.9. The third kappa shape index (κ3) is 3.16. The first kappa shape index (κ1) is 17.0. The van der Waals surface area contributed by atoms with Crippen molar-refractivity contribution >= 4 is 21.1 Å². The molecule has 0 aliphatic heterocycles. The molecule has 1 atom stereocenters. The highest BCUT2D eigenvalue weighted by Crippen LogP contribution is 2.38. The molecule has 136 valence electrons. The Labute approximate surface area is 148 Å². The molecule has 4 rings (SSSR count). The van der Waals surface area contributed by atoms with Gasteiger partial charge in [0, 0.05) is 12.3 Å². The Balaban J connectivity index is 1.67. The summed E-state index contributed by atoms with van der Waals surface area (Å²) in [5.41, 5.74) is 1.20. The van der Waals surface area contributed by atoms with Gasteiger partial charge >= 0.3 is 5.76 Å². The Morgan fingerprint density at radius 2 is 2.08 bits per heavy atom. The van der Waals surface area contributed by atoms with E-state index in [1.807, 2.05) is 0 Å². The number of oxazole rings is 1. The average Bonchev–Trinajstić information content (AvgIpc) is 2.97. The number of fused-ring (bicyclic) bond motifs is 1. The van der Waals surface area contributed by atoms with Gasteiger partial charge in [-0.05, 0) is 43.0 Å². The summed E-state index contributed by atoms with van der Waals surface area (Å²) in [6.45, 7) is 0. The highest BCUT2D eigenvalue weighted by molar-refractivity contribution is 7.89. The van der Waals surface area contributed by atoms with E-state index in [1.165, 1.54) is 18.2 Å². The van der Waals surface area contributed by atoms with Crippen molar-refractivity contribution in [3.63, 3.8) is 0 Å². The first-order valence-electron chi connectivity index (χ1n) is 8.16. The van der Waals surface area contributed by atoms with Gasteiger partial charge < -0.3 is 9.52 Å². The van der Waals surface area contributed by atoms with Crippen molar-refractivity contribution in [1.82, 2.24) is 14.7 Å². The number of pyridine rings is 1. The lowest BCUT2D eigenvalue weighted by molar-refractivity contribution is 0.0273. The van der Waals surface area contributed by atoms with Gasteiger partial charge in [0.2, 0.25) is 10.0 Å². The fourth-order valence-electron chi connectivity index (χ4n) is 3.19. The predicted octanol–water partition coefficient (Wildman–Crippen LogP) is 1.31. The van der Waals surface area contributed by atoms with Crippen molar-refractivity contribution < 1.29 is 17.9 Å². The van der Waals surface area contributed by atoms with Gasteiger partial charge in [-0.3, -0.25) is 9.97 Å². The molecule has 1 fully saturated rings. The van der Waals surface area contributed by atoms with E-state index in [0.29, 0.717) is 24.1 Å². The van der Waals surface area contributed by atoms with Crippen LogP contribution in [0.25, 0.3) is 11.1 Å². The Bertz CT molecular complexity index is 1080. The Morgan fingerprint density at radius 1 is 1.27 bits per heavy atom. The lowest BCUT2D eigenvalue weighted by atomic mass is 9.76. The van der Waals surface area contributed by atoms with Crippen LogP contribution in [0.3, 0.4) is 0 Å². The van der Waals surface area contributed by atoms with Crippen molar-refractivity contribution in [2.75, 3.05) is 0 Å². The quantitative estimate of drug-likeness (QED) is 0.617. The van der Waals surface area contributed by atoms with Crippen molar-refractivity contribution in [3.8, 4) is 0 Å². The number of nitrogens with zero attached hydrogens (tertiary/aromatic N) is 1. The van der Waals surface area contributed by atoms with E-state index in [2.05, 4.69) is 14.7 Å². The SMILES string of the molecule is O=c1[nH]c2ccc(S(=O)(=O)N[C@H](c3ccccn3)C3CC(O)C3)cc2o1. The van der Waals surface area contributed by atoms with E-state index in [1.54, 1.807) is 24.4 Å². The zero-order valence-electron chi connectivity index (χ0n) is 13.6. The second-order valence-corrected chi connectivity index (χ2v) is 8.13. The van der Waals surface area contributed by atoms with E-state index >= 15 is 0 Å². The van der Waals surface area contributed by atoms with Gasteiger partial charge in [0.25, 0.3) is 0 Å². The largest absolute Gasteiger partial charge is 0.417 e. The molecule has 0 saturated heterocycles. The lowest BCUT2D eigenvalue weighted by Crippen LogP contribution is -2.41. The number of aliphatic hydroxyl groups is 1. The van der Waals surface area contributed by atoms with Crippen molar-refractivity contribution in [2.45, 2.75) is 29.9 Å².